The molecular weight excluding hydrogens is 573 g/mol. The lowest BCUT2D eigenvalue weighted by Crippen LogP contribution is -2.60. The largest absolute Gasteiger partial charge is 0.435 e. The molecule has 0 atom stereocenters. The number of hydrogen-bond acceptors (Lipinski definition) is 6. The Kier molecular flexibility index (Phi) is 7.50. The van der Waals surface area contributed by atoms with Crippen LogP contribution < -0.4 is 21.3 Å². The zero-order valence-corrected chi connectivity index (χ0v) is 24.0. The number of rotatable bonds is 8. The Balaban J connectivity index is 1.06. The average Bonchev–Trinajstić information content (AvgIpc) is 3.45. The van der Waals surface area contributed by atoms with Crippen molar-refractivity contribution < 1.29 is 22.8 Å². The van der Waals surface area contributed by atoms with Crippen LogP contribution in [0.15, 0.2) is 30.6 Å². The maximum absolute atomic E-state index is 13.8. The summed E-state index contributed by atoms with van der Waals surface area (Å²) in [5, 5.41) is 9.96. The third kappa shape index (κ3) is 6.03. The van der Waals surface area contributed by atoms with E-state index < -0.39 is 11.9 Å². The minimum absolute atomic E-state index is 0.0366. The zero-order chi connectivity index (χ0) is 29.8. The van der Waals surface area contributed by atoms with E-state index in [4.69, 9.17) is 17.3 Å². The first-order chi connectivity index (χ1) is 19.9. The SMILES string of the molecule is CN1CN(c2ccc(C(=O)NCC3CN(C(=O)NC4CC(N)C4)C3)c(Cl)c2)C=C1c1cn(CC2CC2)nc1C(F)(F)F. The molecule has 2 aliphatic heterocycles. The topological polar surface area (TPSA) is 112 Å². The van der Waals surface area contributed by atoms with Crippen LogP contribution in [0.25, 0.3) is 5.70 Å². The molecule has 3 fully saturated rings. The summed E-state index contributed by atoms with van der Waals surface area (Å²) in [5.41, 5.74) is 6.25. The minimum Gasteiger partial charge on any atom is -0.355 e. The van der Waals surface area contributed by atoms with Crippen molar-refractivity contribution in [3.05, 3.63) is 52.4 Å². The Morgan fingerprint density at radius 3 is 2.55 bits per heavy atom. The van der Waals surface area contributed by atoms with Crippen molar-refractivity contribution in [3.8, 4) is 0 Å². The molecule has 14 heteroatoms. The van der Waals surface area contributed by atoms with E-state index in [1.54, 1.807) is 46.1 Å². The molecule has 1 saturated heterocycles. The van der Waals surface area contributed by atoms with E-state index in [1.807, 2.05) is 0 Å². The van der Waals surface area contributed by atoms with Gasteiger partial charge in [-0.05, 0) is 49.8 Å². The summed E-state index contributed by atoms with van der Waals surface area (Å²) >= 11 is 6.49. The minimum atomic E-state index is -4.58. The maximum atomic E-state index is 13.8. The van der Waals surface area contributed by atoms with Crippen LogP contribution in [-0.4, -0.2) is 77.0 Å². The van der Waals surface area contributed by atoms with Crippen LogP contribution in [0.5, 0.6) is 0 Å². The van der Waals surface area contributed by atoms with E-state index in [9.17, 15) is 22.8 Å². The first-order valence-electron chi connectivity index (χ1n) is 14.2. The van der Waals surface area contributed by atoms with Crippen LogP contribution in [0.1, 0.15) is 47.3 Å². The van der Waals surface area contributed by atoms with Gasteiger partial charge in [0.05, 0.1) is 23.0 Å². The molecule has 226 valence electrons. The standard InChI is InChI=1S/C28H34ClF3N8O2/c1-37-15-39(14-24(37)22-13-40(12-16-2-3-16)36-25(22)28(30,31)32)20-4-5-21(23(29)8-20)26(41)34-9-17-10-38(11-17)27(42)35-19-6-18(33)7-19/h4-5,8,13-14,16-19H,2-3,6-7,9-12,15,33H2,1H3,(H,34,41)(H,35,42). The number of nitrogens with zero attached hydrogens (tertiary/aromatic N) is 5. The van der Waals surface area contributed by atoms with Crippen molar-refractivity contribution in [2.24, 2.45) is 17.6 Å². The fourth-order valence-electron chi connectivity index (χ4n) is 5.61. The Labute approximate surface area is 246 Å². The quantitative estimate of drug-likeness (QED) is 0.424. The van der Waals surface area contributed by atoms with Crippen LogP contribution in [0, 0.1) is 11.8 Å². The lowest BCUT2D eigenvalue weighted by molar-refractivity contribution is -0.141. The van der Waals surface area contributed by atoms with Crippen LogP contribution in [-0.2, 0) is 12.7 Å². The van der Waals surface area contributed by atoms with Gasteiger partial charge in [0.1, 0.15) is 0 Å². The molecule has 2 aliphatic carbocycles. The van der Waals surface area contributed by atoms with Crippen molar-refractivity contribution in [2.75, 3.05) is 38.3 Å². The number of amides is 3. The molecule has 3 amide bonds. The maximum Gasteiger partial charge on any atom is 0.435 e. The molecule has 0 spiro atoms. The van der Waals surface area contributed by atoms with Gasteiger partial charge in [0.2, 0.25) is 0 Å². The summed E-state index contributed by atoms with van der Waals surface area (Å²) in [4.78, 5) is 30.3. The summed E-state index contributed by atoms with van der Waals surface area (Å²) < 4.78 is 42.9. The number of alkyl halides is 3. The lowest BCUT2D eigenvalue weighted by Gasteiger charge is -2.41. The molecule has 2 saturated carbocycles. The van der Waals surface area contributed by atoms with Gasteiger partial charge in [-0.25, -0.2) is 4.79 Å². The van der Waals surface area contributed by atoms with E-state index in [2.05, 4.69) is 15.7 Å². The molecular formula is C28H34ClF3N8O2. The first-order valence-corrected chi connectivity index (χ1v) is 14.6. The number of nitrogens with one attached hydrogen (secondary N) is 2. The highest BCUT2D eigenvalue weighted by atomic mass is 35.5. The molecule has 1 aromatic heterocycles. The van der Waals surface area contributed by atoms with Crippen molar-refractivity contribution >= 4 is 34.9 Å². The molecule has 0 unspecified atom stereocenters. The Hall–Kier alpha value is -3.45. The molecule has 0 bridgehead atoms. The van der Waals surface area contributed by atoms with Crippen molar-refractivity contribution in [2.45, 2.75) is 50.5 Å². The van der Waals surface area contributed by atoms with E-state index >= 15 is 0 Å². The van der Waals surface area contributed by atoms with Crippen molar-refractivity contribution in [1.82, 2.24) is 30.2 Å². The van der Waals surface area contributed by atoms with Gasteiger partial charge in [-0.1, -0.05) is 11.6 Å². The summed E-state index contributed by atoms with van der Waals surface area (Å²) in [6.07, 6.45) is 2.17. The molecule has 6 rings (SSSR count). The van der Waals surface area contributed by atoms with E-state index in [1.165, 1.54) is 10.9 Å². The third-order valence-corrected chi connectivity index (χ3v) is 8.64. The van der Waals surface area contributed by atoms with Gasteiger partial charge in [0.25, 0.3) is 5.91 Å². The fraction of sp³-hybridized carbons (Fsp3) is 0.536. The predicted molar refractivity (Wildman–Crippen MR) is 151 cm³/mol. The second-order valence-corrected chi connectivity index (χ2v) is 12.3. The number of carbonyl (C=O) groups is 2. The number of likely N-dealkylation sites (tertiary alicyclic amines) is 1. The number of hydrogen-bond donors (Lipinski definition) is 3. The van der Waals surface area contributed by atoms with Crippen LogP contribution in [0.3, 0.4) is 0 Å². The molecule has 1 aromatic carbocycles. The molecule has 42 heavy (non-hydrogen) atoms. The molecule has 0 radical (unpaired) electrons. The third-order valence-electron chi connectivity index (χ3n) is 8.33. The number of anilines is 1. The van der Waals surface area contributed by atoms with Crippen molar-refractivity contribution in [1.29, 1.82) is 0 Å². The fourth-order valence-corrected chi connectivity index (χ4v) is 5.87. The second-order valence-electron chi connectivity index (χ2n) is 11.9. The number of carbonyl (C=O) groups excluding carboxylic acids is 2. The summed E-state index contributed by atoms with van der Waals surface area (Å²) in [5.74, 6) is 0.209. The Morgan fingerprint density at radius 1 is 1.17 bits per heavy atom. The number of urea groups is 1. The van der Waals surface area contributed by atoms with Crippen LogP contribution in [0.2, 0.25) is 5.02 Å². The Morgan fingerprint density at radius 2 is 1.90 bits per heavy atom. The first kappa shape index (κ1) is 28.7. The smallest absolute Gasteiger partial charge is 0.355 e. The van der Waals surface area contributed by atoms with Gasteiger partial charge in [0, 0.05) is 74.9 Å². The zero-order valence-electron chi connectivity index (χ0n) is 23.2. The molecule has 4 N–H and O–H groups in total. The molecule has 4 aliphatic rings. The van der Waals surface area contributed by atoms with Crippen LogP contribution in [0.4, 0.5) is 23.7 Å². The Bertz CT molecular complexity index is 1400. The van der Waals surface area contributed by atoms with Crippen molar-refractivity contribution in [3.63, 3.8) is 0 Å². The van der Waals surface area contributed by atoms with Gasteiger partial charge in [0.15, 0.2) is 5.69 Å². The van der Waals surface area contributed by atoms with E-state index in [0.717, 1.165) is 25.7 Å². The number of halogens is 4. The van der Waals surface area contributed by atoms with Gasteiger partial charge in [-0.2, -0.15) is 18.3 Å². The van der Waals surface area contributed by atoms with Gasteiger partial charge < -0.3 is 31.1 Å². The van der Waals surface area contributed by atoms with Crippen LogP contribution >= 0.6 is 11.6 Å². The van der Waals surface area contributed by atoms with E-state index in [-0.39, 0.29) is 40.5 Å². The summed E-state index contributed by atoms with van der Waals surface area (Å²) in [6, 6.07) is 5.17. The molecule has 10 nitrogen and oxygen atoms in total. The average molecular weight is 607 g/mol. The number of aromatic nitrogens is 2. The highest BCUT2D eigenvalue weighted by Gasteiger charge is 2.40. The monoisotopic (exact) mass is 606 g/mol. The normalized spacial score (nSPS) is 22.5. The van der Waals surface area contributed by atoms with Gasteiger partial charge in [-0.15, -0.1) is 0 Å². The predicted octanol–water partition coefficient (Wildman–Crippen LogP) is 3.53. The molecule has 2 aromatic rings. The lowest BCUT2D eigenvalue weighted by atomic mass is 9.88. The highest BCUT2D eigenvalue weighted by Crippen LogP contribution is 2.39. The number of benzene rings is 1. The van der Waals surface area contributed by atoms with E-state index in [0.29, 0.717) is 55.7 Å². The molecule has 3 heterocycles. The highest BCUT2D eigenvalue weighted by molar-refractivity contribution is 6.34. The summed E-state index contributed by atoms with van der Waals surface area (Å²) in [7, 11) is 1.72. The van der Waals surface area contributed by atoms with Gasteiger partial charge >= 0.3 is 12.2 Å². The number of nitrogens with two attached hydrogens (primary N) is 1. The van der Waals surface area contributed by atoms with Gasteiger partial charge in [-0.3, -0.25) is 9.48 Å². The second kappa shape index (κ2) is 11.0. The summed E-state index contributed by atoms with van der Waals surface area (Å²) in [6.45, 7) is 2.32.